The maximum Gasteiger partial charge on any atom is 0.150 e. The van der Waals surface area contributed by atoms with E-state index in [-0.39, 0.29) is 0 Å². The van der Waals surface area contributed by atoms with Gasteiger partial charge >= 0.3 is 0 Å². The molecule has 0 saturated carbocycles. The van der Waals surface area contributed by atoms with E-state index in [1.807, 2.05) is 24.3 Å². The summed E-state index contributed by atoms with van der Waals surface area (Å²) in [6.45, 7) is 4.75. The highest BCUT2D eigenvalue weighted by atomic mass is 16.1. The van der Waals surface area contributed by atoms with E-state index >= 15 is 0 Å². The number of hydrogen-bond donors (Lipinski definition) is 0. The van der Waals surface area contributed by atoms with Crippen molar-refractivity contribution in [3.05, 3.63) is 35.4 Å². The average Bonchev–Trinajstić information content (AvgIpc) is 2.37. The lowest BCUT2D eigenvalue weighted by molar-refractivity contribution is -0.108. The van der Waals surface area contributed by atoms with Crippen LogP contribution in [-0.4, -0.2) is 30.6 Å². The first-order valence-corrected chi connectivity index (χ1v) is 6.00. The first-order valence-electron chi connectivity index (χ1n) is 6.00. The zero-order chi connectivity index (χ0) is 12.5. The highest BCUT2D eigenvalue weighted by Crippen LogP contribution is 2.07. The third-order valence-corrected chi connectivity index (χ3v) is 2.62. The van der Waals surface area contributed by atoms with Crippen molar-refractivity contribution in [2.45, 2.75) is 26.3 Å². The van der Waals surface area contributed by atoms with Crippen molar-refractivity contribution in [2.75, 3.05) is 13.1 Å². The topological polar surface area (TPSA) is 37.4 Å². The van der Waals surface area contributed by atoms with Gasteiger partial charge in [0.1, 0.15) is 12.6 Å². The molecule has 1 aromatic carbocycles. The lowest BCUT2D eigenvalue weighted by Crippen LogP contribution is -2.25. The highest BCUT2D eigenvalue weighted by molar-refractivity contribution is 5.74. The van der Waals surface area contributed by atoms with E-state index in [0.717, 1.165) is 38.6 Å². The number of rotatable bonds is 8. The fourth-order valence-corrected chi connectivity index (χ4v) is 1.78. The van der Waals surface area contributed by atoms with Gasteiger partial charge in [-0.1, -0.05) is 31.2 Å². The normalized spacial score (nSPS) is 10.5. The second kappa shape index (κ2) is 7.74. The molecule has 0 bridgehead atoms. The van der Waals surface area contributed by atoms with Gasteiger partial charge in [-0.3, -0.25) is 9.69 Å². The zero-order valence-electron chi connectivity index (χ0n) is 10.3. The summed E-state index contributed by atoms with van der Waals surface area (Å²) >= 11 is 0. The van der Waals surface area contributed by atoms with Crippen LogP contribution in [0.4, 0.5) is 0 Å². The lowest BCUT2D eigenvalue weighted by Gasteiger charge is -2.20. The largest absolute Gasteiger partial charge is 0.303 e. The quantitative estimate of drug-likeness (QED) is 0.646. The molecular weight excluding hydrogens is 214 g/mol. The fourth-order valence-electron chi connectivity index (χ4n) is 1.78. The van der Waals surface area contributed by atoms with Gasteiger partial charge in [0.25, 0.3) is 0 Å². The standard InChI is InChI=1S/C14H19NO2/c1-2-8-15(9-3-10-16)11-13-4-6-14(12-17)7-5-13/h4-7,10,12H,2-3,8-9,11H2,1H3. The highest BCUT2D eigenvalue weighted by Gasteiger charge is 2.04. The molecule has 0 aliphatic heterocycles. The van der Waals surface area contributed by atoms with Crippen molar-refractivity contribution >= 4 is 12.6 Å². The van der Waals surface area contributed by atoms with E-state index in [2.05, 4.69) is 11.8 Å². The molecule has 0 radical (unpaired) electrons. The van der Waals surface area contributed by atoms with Gasteiger partial charge in [-0.25, -0.2) is 0 Å². The zero-order valence-corrected chi connectivity index (χ0v) is 10.3. The predicted octanol–water partition coefficient (Wildman–Crippen LogP) is 2.30. The van der Waals surface area contributed by atoms with Crippen molar-refractivity contribution in [1.29, 1.82) is 0 Å². The lowest BCUT2D eigenvalue weighted by atomic mass is 10.1. The Morgan fingerprint density at radius 2 is 1.82 bits per heavy atom. The Balaban J connectivity index is 2.57. The summed E-state index contributed by atoms with van der Waals surface area (Å²) in [5.74, 6) is 0. The molecule has 0 spiro atoms. The minimum Gasteiger partial charge on any atom is -0.303 e. The van der Waals surface area contributed by atoms with Crippen molar-refractivity contribution in [3.63, 3.8) is 0 Å². The van der Waals surface area contributed by atoms with Crippen LogP contribution in [0.3, 0.4) is 0 Å². The smallest absolute Gasteiger partial charge is 0.150 e. The molecule has 3 heteroatoms. The molecular formula is C14H19NO2. The van der Waals surface area contributed by atoms with Gasteiger partial charge in [0.2, 0.25) is 0 Å². The van der Waals surface area contributed by atoms with E-state index in [1.165, 1.54) is 5.56 Å². The van der Waals surface area contributed by atoms with Gasteiger partial charge in [-0.15, -0.1) is 0 Å². The van der Waals surface area contributed by atoms with Gasteiger partial charge in [0, 0.05) is 25.1 Å². The number of carbonyl (C=O) groups is 2. The van der Waals surface area contributed by atoms with Crippen LogP contribution >= 0.6 is 0 Å². The molecule has 17 heavy (non-hydrogen) atoms. The Kier molecular flexibility index (Phi) is 6.18. The summed E-state index contributed by atoms with van der Waals surface area (Å²) in [5, 5.41) is 0. The van der Waals surface area contributed by atoms with Crippen LogP contribution in [0.1, 0.15) is 35.7 Å². The van der Waals surface area contributed by atoms with Crippen LogP contribution in [0.25, 0.3) is 0 Å². The molecule has 0 aliphatic rings. The number of hydrogen-bond acceptors (Lipinski definition) is 3. The number of benzene rings is 1. The Bertz CT molecular complexity index is 346. The van der Waals surface area contributed by atoms with Crippen LogP contribution in [0.2, 0.25) is 0 Å². The first kappa shape index (κ1) is 13.6. The van der Waals surface area contributed by atoms with Crippen LogP contribution in [-0.2, 0) is 11.3 Å². The molecule has 92 valence electrons. The number of carbonyl (C=O) groups excluding carboxylic acids is 2. The Morgan fingerprint density at radius 3 is 2.35 bits per heavy atom. The van der Waals surface area contributed by atoms with E-state index in [4.69, 9.17) is 0 Å². The van der Waals surface area contributed by atoms with Crippen LogP contribution in [0.5, 0.6) is 0 Å². The SMILES string of the molecule is CCCN(CCC=O)Cc1ccc(C=O)cc1. The summed E-state index contributed by atoms with van der Waals surface area (Å²) in [6.07, 6.45) is 3.45. The molecule has 0 aliphatic carbocycles. The van der Waals surface area contributed by atoms with Crippen LogP contribution in [0.15, 0.2) is 24.3 Å². The molecule has 0 unspecified atom stereocenters. The van der Waals surface area contributed by atoms with Gasteiger partial charge in [-0.05, 0) is 18.5 Å². The molecule has 0 N–H and O–H groups in total. The summed E-state index contributed by atoms with van der Waals surface area (Å²) < 4.78 is 0. The van der Waals surface area contributed by atoms with Crippen molar-refractivity contribution in [1.82, 2.24) is 4.90 Å². The summed E-state index contributed by atoms with van der Waals surface area (Å²) in [4.78, 5) is 23.2. The van der Waals surface area contributed by atoms with E-state index < -0.39 is 0 Å². The van der Waals surface area contributed by atoms with E-state index in [0.29, 0.717) is 12.0 Å². The summed E-state index contributed by atoms with van der Waals surface area (Å²) in [6, 6.07) is 7.58. The van der Waals surface area contributed by atoms with Gasteiger partial charge in [0.05, 0.1) is 0 Å². The molecule has 1 aromatic rings. The third-order valence-electron chi connectivity index (χ3n) is 2.62. The molecule has 1 rings (SSSR count). The summed E-state index contributed by atoms with van der Waals surface area (Å²) in [7, 11) is 0. The molecule has 3 nitrogen and oxygen atoms in total. The van der Waals surface area contributed by atoms with E-state index in [9.17, 15) is 9.59 Å². The maximum atomic E-state index is 10.5. The van der Waals surface area contributed by atoms with Crippen LogP contribution < -0.4 is 0 Å². The van der Waals surface area contributed by atoms with Gasteiger partial charge in [0.15, 0.2) is 0 Å². The van der Waals surface area contributed by atoms with Crippen molar-refractivity contribution in [2.24, 2.45) is 0 Å². The first-order chi connectivity index (χ1) is 8.30. The molecule has 0 aromatic heterocycles. The molecule has 0 atom stereocenters. The second-order valence-corrected chi connectivity index (χ2v) is 4.09. The minimum atomic E-state index is 0.576. The Morgan fingerprint density at radius 1 is 1.12 bits per heavy atom. The maximum absolute atomic E-state index is 10.5. The van der Waals surface area contributed by atoms with Gasteiger partial charge < -0.3 is 4.79 Å². The van der Waals surface area contributed by atoms with Crippen molar-refractivity contribution in [3.8, 4) is 0 Å². The fraction of sp³-hybridized carbons (Fsp3) is 0.429. The number of nitrogens with zero attached hydrogens (tertiary/aromatic N) is 1. The van der Waals surface area contributed by atoms with Gasteiger partial charge in [-0.2, -0.15) is 0 Å². The van der Waals surface area contributed by atoms with Crippen molar-refractivity contribution < 1.29 is 9.59 Å². The summed E-state index contributed by atoms with van der Waals surface area (Å²) in [5.41, 5.74) is 1.87. The van der Waals surface area contributed by atoms with E-state index in [1.54, 1.807) is 0 Å². The molecule has 0 fully saturated rings. The minimum absolute atomic E-state index is 0.576. The molecule has 0 saturated heterocycles. The Hall–Kier alpha value is -1.48. The number of aldehydes is 2. The predicted molar refractivity (Wildman–Crippen MR) is 68.1 cm³/mol. The second-order valence-electron chi connectivity index (χ2n) is 4.09. The van der Waals surface area contributed by atoms with Crippen LogP contribution in [0, 0.1) is 0 Å². The molecule has 0 heterocycles. The average molecular weight is 233 g/mol. The monoisotopic (exact) mass is 233 g/mol. The third kappa shape index (κ3) is 4.91. The molecule has 0 amide bonds. The Labute approximate surface area is 102 Å².